The third-order valence-electron chi connectivity index (χ3n) is 2.88. The summed E-state index contributed by atoms with van der Waals surface area (Å²) in [5.74, 6) is -0.880. The fraction of sp³-hybridized carbons (Fsp3) is 0.500. The highest BCUT2D eigenvalue weighted by Crippen LogP contribution is 2.19. The van der Waals surface area contributed by atoms with Crippen LogP contribution >= 0.6 is 0 Å². The van der Waals surface area contributed by atoms with Crippen molar-refractivity contribution < 1.29 is 9.90 Å². The van der Waals surface area contributed by atoms with Gasteiger partial charge in [-0.05, 0) is 38.0 Å². The van der Waals surface area contributed by atoms with Crippen molar-refractivity contribution in [1.82, 2.24) is 0 Å². The maximum absolute atomic E-state index is 10.9. The lowest BCUT2D eigenvalue weighted by Gasteiger charge is -2.17. The number of anilines is 1. The molecule has 94 valence electrons. The minimum Gasteiger partial charge on any atom is -0.478 e. The molecule has 0 saturated carbocycles. The average Bonchev–Trinajstić information content (AvgIpc) is 2.29. The highest BCUT2D eigenvalue weighted by atomic mass is 16.4. The van der Waals surface area contributed by atoms with Gasteiger partial charge in [-0.15, -0.1) is 0 Å². The molecule has 1 atom stereocenters. The molecule has 1 aromatic rings. The first-order valence-corrected chi connectivity index (χ1v) is 6.15. The van der Waals surface area contributed by atoms with E-state index < -0.39 is 5.97 Å². The van der Waals surface area contributed by atoms with E-state index in [1.807, 2.05) is 13.0 Å². The molecular formula is C14H21NO2. The second kappa shape index (κ2) is 6.28. The van der Waals surface area contributed by atoms with Crippen LogP contribution in [0.25, 0.3) is 0 Å². The number of carboxylic acids is 1. The van der Waals surface area contributed by atoms with Crippen LogP contribution in [0.3, 0.4) is 0 Å². The molecule has 0 fully saturated rings. The van der Waals surface area contributed by atoms with Gasteiger partial charge >= 0.3 is 5.97 Å². The van der Waals surface area contributed by atoms with E-state index in [0.717, 1.165) is 17.7 Å². The predicted molar refractivity (Wildman–Crippen MR) is 70.7 cm³/mol. The fourth-order valence-corrected chi connectivity index (χ4v) is 1.76. The van der Waals surface area contributed by atoms with Gasteiger partial charge in [0.2, 0.25) is 0 Å². The van der Waals surface area contributed by atoms with E-state index in [2.05, 4.69) is 19.2 Å². The van der Waals surface area contributed by atoms with Crippen LogP contribution in [-0.2, 0) is 0 Å². The molecule has 17 heavy (non-hydrogen) atoms. The van der Waals surface area contributed by atoms with Crippen molar-refractivity contribution in [2.24, 2.45) is 0 Å². The predicted octanol–water partition coefficient (Wildman–Crippen LogP) is 3.68. The Bertz CT molecular complexity index is 388. The third-order valence-corrected chi connectivity index (χ3v) is 2.88. The molecule has 0 heterocycles. The zero-order valence-electron chi connectivity index (χ0n) is 10.8. The number of aromatic carboxylic acids is 1. The first-order valence-electron chi connectivity index (χ1n) is 6.15. The van der Waals surface area contributed by atoms with E-state index in [4.69, 9.17) is 5.11 Å². The number of carboxylic acid groups (broad SMARTS) is 1. The van der Waals surface area contributed by atoms with Gasteiger partial charge in [-0.25, -0.2) is 4.79 Å². The molecule has 0 aliphatic rings. The Morgan fingerprint density at radius 3 is 2.76 bits per heavy atom. The van der Waals surface area contributed by atoms with Gasteiger partial charge in [0.25, 0.3) is 0 Å². The maximum Gasteiger partial charge on any atom is 0.335 e. The summed E-state index contributed by atoms with van der Waals surface area (Å²) in [5, 5.41) is 12.3. The smallest absolute Gasteiger partial charge is 0.335 e. The van der Waals surface area contributed by atoms with Crippen LogP contribution in [0.15, 0.2) is 18.2 Å². The topological polar surface area (TPSA) is 49.3 Å². The number of hydrogen-bond acceptors (Lipinski definition) is 2. The molecule has 0 bridgehead atoms. The zero-order valence-corrected chi connectivity index (χ0v) is 10.8. The Morgan fingerprint density at radius 2 is 2.18 bits per heavy atom. The van der Waals surface area contributed by atoms with Crippen LogP contribution in [0, 0.1) is 6.92 Å². The maximum atomic E-state index is 10.9. The Kier molecular flexibility index (Phi) is 5.01. The molecule has 0 aromatic heterocycles. The number of benzene rings is 1. The van der Waals surface area contributed by atoms with Gasteiger partial charge in [0, 0.05) is 11.7 Å². The minimum absolute atomic E-state index is 0.334. The molecule has 1 unspecified atom stereocenters. The number of unbranched alkanes of at least 4 members (excludes halogenated alkanes) is 1. The molecule has 1 aromatic carbocycles. The highest BCUT2D eigenvalue weighted by Gasteiger charge is 2.08. The molecule has 3 heteroatoms. The summed E-state index contributed by atoms with van der Waals surface area (Å²) in [6, 6.07) is 5.57. The second-order valence-corrected chi connectivity index (χ2v) is 4.52. The Balaban J connectivity index is 2.75. The van der Waals surface area contributed by atoms with Crippen molar-refractivity contribution in [2.75, 3.05) is 5.32 Å². The Labute approximate surface area is 103 Å². The van der Waals surface area contributed by atoms with Crippen LogP contribution in [0.5, 0.6) is 0 Å². The van der Waals surface area contributed by atoms with Crippen LogP contribution in [0.2, 0.25) is 0 Å². The first kappa shape index (κ1) is 13.6. The lowest BCUT2D eigenvalue weighted by molar-refractivity contribution is 0.0697. The van der Waals surface area contributed by atoms with Crippen molar-refractivity contribution in [3.8, 4) is 0 Å². The molecule has 0 aliphatic carbocycles. The van der Waals surface area contributed by atoms with Gasteiger partial charge < -0.3 is 10.4 Å². The number of aryl methyl sites for hydroxylation is 1. The molecule has 0 saturated heterocycles. The summed E-state index contributed by atoms with van der Waals surface area (Å²) in [5.41, 5.74) is 2.34. The summed E-state index contributed by atoms with van der Waals surface area (Å²) >= 11 is 0. The third kappa shape index (κ3) is 4.10. The van der Waals surface area contributed by atoms with E-state index in [0.29, 0.717) is 11.6 Å². The number of hydrogen-bond donors (Lipinski definition) is 2. The van der Waals surface area contributed by atoms with Crippen LogP contribution in [0.4, 0.5) is 5.69 Å². The van der Waals surface area contributed by atoms with Gasteiger partial charge in [-0.2, -0.15) is 0 Å². The molecule has 0 radical (unpaired) electrons. The lowest BCUT2D eigenvalue weighted by Crippen LogP contribution is -2.16. The van der Waals surface area contributed by atoms with Crippen molar-refractivity contribution in [2.45, 2.75) is 46.1 Å². The molecule has 1 rings (SSSR count). The molecular weight excluding hydrogens is 214 g/mol. The highest BCUT2D eigenvalue weighted by molar-refractivity contribution is 5.89. The molecule has 0 amide bonds. The average molecular weight is 235 g/mol. The second-order valence-electron chi connectivity index (χ2n) is 4.52. The summed E-state index contributed by atoms with van der Waals surface area (Å²) in [4.78, 5) is 10.9. The molecule has 3 nitrogen and oxygen atoms in total. The summed E-state index contributed by atoms with van der Waals surface area (Å²) in [6.07, 6.45) is 3.47. The number of nitrogens with one attached hydrogen (secondary N) is 1. The standard InChI is InChI=1S/C14H21NO2/c1-4-5-6-11(3)15-13-9-12(14(16)17)8-7-10(13)2/h7-9,11,15H,4-6H2,1-3H3,(H,16,17). The van der Waals surface area contributed by atoms with Crippen molar-refractivity contribution in [1.29, 1.82) is 0 Å². The monoisotopic (exact) mass is 235 g/mol. The molecule has 0 spiro atoms. The minimum atomic E-state index is -0.880. The fourth-order valence-electron chi connectivity index (χ4n) is 1.76. The van der Waals surface area contributed by atoms with Crippen LogP contribution < -0.4 is 5.32 Å². The number of rotatable bonds is 6. The van der Waals surface area contributed by atoms with E-state index in [1.165, 1.54) is 12.8 Å². The van der Waals surface area contributed by atoms with Crippen molar-refractivity contribution in [3.05, 3.63) is 29.3 Å². The van der Waals surface area contributed by atoms with Crippen molar-refractivity contribution >= 4 is 11.7 Å². The molecule has 0 aliphatic heterocycles. The summed E-state index contributed by atoms with van der Waals surface area (Å²) in [7, 11) is 0. The van der Waals surface area contributed by atoms with Crippen molar-refractivity contribution in [3.63, 3.8) is 0 Å². The van der Waals surface area contributed by atoms with Gasteiger partial charge in [0.1, 0.15) is 0 Å². The largest absolute Gasteiger partial charge is 0.478 e. The van der Waals surface area contributed by atoms with E-state index in [1.54, 1.807) is 12.1 Å². The zero-order chi connectivity index (χ0) is 12.8. The van der Waals surface area contributed by atoms with Gasteiger partial charge in [-0.3, -0.25) is 0 Å². The van der Waals surface area contributed by atoms with Crippen LogP contribution in [-0.4, -0.2) is 17.1 Å². The van der Waals surface area contributed by atoms with E-state index in [9.17, 15) is 4.79 Å². The van der Waals surface area contributed by atoms with Gasteiger partial charge in [-0.1, -0.05) is 25.8 Å². The van der Waals surface area contributed by atoms with Gasteiger partial charge in [0.15, 0.2) is 0 Å². The Hall–Kier alpha value is -1.51. The van der Waals surface area contributed by atoms with E-state index >= 15 is 0 Å². The lowest BCUT2D eigenvalue weighted by atomic mass is 10.1. The number of carbonyl (C=O) groups is 1. The Morgan fingerprint density at radius 1 is 1.47 bits per heavy atom. The SMILES string of the molecule is CCCCC(C)Nc1cc(C(=O)O)ccc1C. The first-order chi connectivity index (χ1) is 8.04. The normalized spacial score (nSPS) is 12.2. The molecule has 2 N–H and O–H groups in total. The summed E-state index contributed by atoms with van der Waals surface area (Å²) in [6.45, 7) is 6.28. The quantitative estimate of drug-likeness (QED) is 0.790. The van der Waals surface area contributed by atoms with E-state index in [-0.39, 0.29) is 0 Å². The van der Waals surface area contributed by atoms with Crippen LogP contribution in [0.1, 0.15) is 49.0 Å². The summed E-state index contributed by atoms with van der Waals surface area (Å²) < 4.78 is 0. The van der Waals surface area contributed by atoms with Gasteiger partial charge in [0.05, 0.1) is 5.56 Å².